The van der Waals surface area contributed by atoms with Crippen molar-refractivity contribution in [3.63, 3.8) is 0 Å². The van der Waals surface area contributed by atoms with Crippen molar-refractivity contribution in [2.24, 2.45) is 5.10 Å². The smallest absolute Gasteiger partial charge is 0.237 e. The van der Waals surface area contributed by atoms with Gasteiger partial charge in [0.15, 0.2) is 0 Å². The molecule has 0 aliphatic rings. The van der Waals surface area contributed by atoms with Gasteiger partial charge in [-0.15, -0.1) is 0 Å². The molecule has 0 radical (unpaired) electrons. The van der Waals surface area contributed by atoms with E-state index in [2.05, 4.69) is 20.7 Å². The summed E-state index contributed by atoms with van der Waals surface area (Å²) in [5.74, 6) is 1.84. The standard InChI is InChI=1S/C12H14N4OS/c1-9(15-13-2)18-8-11-14-12(16-17-11)10-6-4-3-5-7-10/h3-7,13H,8H2,1-2H3/b15-9+. The lowest BCUT2D eigenvalue weighted by atomic mass is 10.2. The van der Waals surface area contributed by atoms with Crippen molar-refractivity contribution in [1.29, 1.82) is 0 Å². The van der Waals surface area contributed by atoms with Gasteiger partial charge in [0.2, 0.25) is 11.7 Å². The van der Waals surface area contributed by atoms with E-state index in [-0.39, 0.29) is 0 Å². The molecule has 1 aromatic heterocycles. The van der Waals surface area contributed by atoms with Crippen LogP contribution in [0.25, 0.3) is 11.4 Å². The van der Waals surface area contributed by atoms with Gasteiger partial charge in [-0.2, -0.15) is 10.1 Å². The van der Waals surface area contributed by atoms with Crippen LogP contribution in [0.15, 0.2) is 40.0 Å². The summed E-state index contributed by atoms with van der Waals surface area (Å²) in [6.45, 7) is 1.93. The van der Waals surface area contributed by atoms with Gasteiger partial charge in [0, 0.05) is 12.6 Å². The Morgan fingerprint density at radius 1 is 1.39 bits per heavy atom. The van der Waals surface area contributed by atoms with E-state index in [4.69, 9.17) is 4.52 Å². The SMILES string of the molecule is CN/N=C(\C)SCc1nc(-c2ccccc2)no1. The molecule has 0 unspecified atom stereocenters. The zero-order valence-electron chi connectivity index (χ0n) is 10.3. The molecule has 0 saturated carbocycles. The average Bonchev–Trinajstić information content (AvgIpc) is 2.87. The number of hydrogen-bond donors (Lipinski definition) is 1. The van der Waals surface area contributed by atoms with Gasteiger partial charge in [0.05, 0.1) is 10.8 Å². The molecular formula is C12H14N4OS. The molecule has 5 nitrogen and oxygen atoms in total. The predicted molar refractivity (Wildman–Crippen MR) is 73.2 cm³/mol. The molecule has 0 saturated heterocycles. The first kappa shape index (κ1) is 12.6. The first-order valence-electron chi connectivity index (χ1n) is 5.51. The largest absolute Gasteiger partial charge is 0.338 e. The molecule has 2 aromatic rings. The summed E-state index contributed by atoms with van der Waals surface area (Å²) in [6.07, 6.45) is 0. The fourth-order valence-corrected chi connectivity index (χ4v) is 1.98. The van der Waals surface area contributed by atoms with Crippen LogP contribution in [0.2, 0.25) is 0 Å². The van der Waals surface area contributed by atoms with E-state index in [1.54, 1.807) is 18.8 Å². The fourth-order valence-electron chi connectivity index (χ4n) is 1.37. The quantitative estimate of drug-likeness (QED) is 0.521. The van der Waals surface area contributed by atoms with Crippen LogP contribution < -0.4 is 5.43 Å². The van der Waals surface area contributed by atoms with Crippen LogP contribution >= 0.6 is 11.8 Å². The summed E-state index contributed by atoms with van der Waals surface area (Å²) in [5.41, 5.74) is 3.69. The lowest BCUT2D eigenvalue weighted by molar-refractivity contribution is 0.392. The summed E-state index contributed by atoms with van der Waals surface area (Å²) < 4.78 is 5.19. The van der Waals surface area contributed by atoms with Crippen LogP contribution in [0, 0.1) is 0 Å². The Hall–Kier alpha value is -1.82. The Morgan fingerprint density at radius 2 is 2.17 bits per heavy atom. The highest BCUT2D eigenvalue weighted by Gasteiger charge is 2.08. The van der Waals surface area contributed by atoms with E-state index >= 15 is 0 Å². The van der Waals surface area contributed by atoms with Crippen LogP contribution in [0.5, 0.6) is 0 Å². The summed E-state index contributed by atoms with van der Waals surface area (Å²) in [4.78, 5) is 4.34. The Kier molecular flexibility index (Phi) is 4.35. The van der Waals surface area contributed by atoms with E-state index < -0.39 is 0 Å². The highest BCUT2D eigenvalue weighted by atomic mass is 32.2. The van der Waals surface area contributed by atoms with Gasteiger partial charge in [-0.1, -0.05) is 47.3 Å². The molecule has 1 N–H and O–H groups in total. The number of hydrazone groups is 1. The van der Waals surface area contributed by atoms with Crippen molar-refractivity contribution in [2.75, 3.05) is 7.05 Å². The number of thioether (sulfide) groups is 1. The van der Waals surface area contributed by atoms with E-state index in [0.717, 1.165) is 10.6 Å². The van der Waals surface area contributed by atoms with Crippen LogP contribution in [-0.2, 0) is 5.75 Å². The van der Waals surface area contributed by atoms with E-state index in [0.29, 0.717) is 17.5 Å². The lowest BCUT2D eigenvalue weighted by Crippen LogP contribution is -1.98. The van der Waals surface area contributed by atoms with Gasteiger partial charge in [-0.3, -0.25) is 0 Å². The second-order valence-electron chi connectivity index (χ2n) is 3.52. The number of benzene rings is 1. The highest BCUT2D eigenvalue weighted by molar-refractivity contribution is 8.13. The van der Waals surface area contributed by atoms with E-state index in [1.807, 2.05) is 37.3 Å². The second-order valence-corrected chi connectivity index (χ2v) is 4.69. The Labute approximate surface area is 110 Å². The molecule has 6 heteroatoms. The lowest BCUT2D eigenvalue weighted by Gasteiger charge is -1.95. The number of nitrogens with zero attached hydrogens (tertiary/aromatic N) is 3. The Balaban J connectivity index is 2.01. The molecule has 0 spiro atoms. The monoisotopic (exact) mass is 262 g/mol. The molecule has 2 rings (SSSR count). The molecule has 0 aliphatic heterocycles. The van der Waals surface area contributed by atoms with Crippen LogP contribution in [-0.4, -0.2) is 22.2 Å². The van der Waals surface area contributed by atoms with Crippen molar-refractivity contribution in [2.45, 2.75) is 12.7 Å². The van der Waals surface area contributed by atoms with Crippen molar-refractivity contribution in [3.05, 3.63) is 36.2 Å². The third kappa shape index (κ3) is 3.33. The van der Waals surface area contributed by atoms with Gasteiger partial charge >= 0.3 is 0 Å². The van der Waals surface area contributed by atoms with Crippen molar-refractivity contribution >= 4 is 16.8 Å². The third-order valence-electron chi connectivity index (χ3n) is 2.17. The minimum atomic E-state index is 0.601. The van der Waals surface area contributed by atoms with Crippen LogP contribution in [0.3, 0.4) is 0 Å². The minimum absolute atomic E-state index is 0.601. The molecule has 0 bridgehead atoms. The first-order valence-corrected chi connectivity index (χ1v) is 6.50. The zero-order chi connectivity index (χ0) is 12.8. The van der Waals surface area contributed by atoms with Gasteiger partial charge in [0.1, 0.15) is 0 Å². The molecule has 18 heavy (non-hydrogen) atoms. The fraction of sp³-hybridized carbons (Fsp3) is 0.250. The number of aromatic nitrogens is 2. The number of rotatable bonds is 4. The molecule has 94 valence electrons. The summed E-state index contributed by atoms with van der Waals surface area (Å²) >= 11 is 1.55. The maximum absolute atomic E-state index is 5.19. The molecule has 0 fully saturated rings. The Bertz CT molecular complexity index is 524. The number of nitrogens with one attached hydrogen (secondary N) is 1. The topological polar surface area (TPSA) is 63.3 Å². The second kappa shape index (κ2) is 6.20. The molecule has 1 aromatic carbocycles. The Morgan fingerprint density at radius 3 is 2.89 bits per heavy atom. The average molecular weight is 262 g/mol. The molecule has 0 amide bonds. The van der Waals surface area contributed by atoms with E-state index in [9.17, 15) is 0 Å². The number of hydrogen-bond acceptors (Lipinski definition) is 6. The van der Waals surface area contributed by atoms with Crippen LogP contribution in [0.4, 0.5) is 0 Å². The van der Waals surface area contributed by atoms with E-state index in [1.165, 1.54) is 0 Å². The van der Waals surface area contributed by atoms with Crippen molar-refractivity contribution in [1.82, 2.24) is 15.6 Å². The maximum Gasteiger partial charge on any atom is 0.237 e. The zero-order valence-corrected chi connectivity index (χ0v) is 11.1. The molecule has 0 atom stereocenters. The van der Waals surface area contributed by atoms with Gasteiger partial charge in [0.25, 0.3) is 0 Å². The first-order chi connectivity index (χ1) is 8.79. The van der Waals surface area contributed by atoms with Gasteiger partial charge < -0.3 is 9.95 Å². The van der Waals surface area contributed by atoms with Crippen molar-refractivity contribution in [3.8, 4) is 11.4 Å². The summed E-state index contributed by atoms with van der Waals surface area (Å²) in [6, 6.07) is 9.76. The van der Waals surface area contributed by atoms with Gasteiger partial charge in [-0.25, -0.2) is 0 Å². The molecule has 0 aliphatic carbocycles. The van der Waals surface area contributed by atoms with Crippen LogP contribution in [0.1, 0.15) is 12.8 Å². The highest BCUT2D eigenvalue weighted by Crippen LogP contribution is 2.18. The normalized spacial score (nSPS) is 11.6. The molecular weight excluding hydrogens is 248 g/mol. The van der Waals surface area contributed by atoms with Gasteiger partial charge in [-0.05, 0) is 6.92 Å². The molecule has 1 heterocycles. The maximum atomic E-state index is 5.19. The summed E-state index contributed by atoms with van der Waals surface area (Å²) in [5, 5.41) is 8.93. The van der Waals surface area contributed by atoms with Crippen molar-refractivity contribution < 1.29 is 4.52 Å². The predicted octanol–water partition coefficient (Wildman–Crippen LogP) is 2.52. The summed E-state index contributed by atoms with van der Waals surface area (Å²) in [7, 11) is 1.77. The minimum Gasteiger partial charge on any atom is -0.338 e. The third-order valence-corrected chi connectivity index (χ3v) is 3.07.